The van der Waals surface area contributed by atoms with Gasteiger partial charge in [-0.1, -0.05) is 34.1 Å². The molecular weight excluding hydrogens is 340 g/mol. The van der Waals surface area contributed by atoms with Gasteiger partial charge in [0.1, 0.15) is 0 Å². The maximum atomic E-state index is 12.0. The van der Waals surface area contributed by atoms with Gasteiger partial charge in [-0.05, 0) is 23.1 Å². The van der Waals surface area contributed by atoms with E-state index in [2.05, 4.69) is 50.9 Å². The number of amides is 2. The number of thiol groups is 1. The van der Waals surface area contributed by atoms with Gasteiger partial charge in [-0.15, -0.1) is 0 Å². The Kier molecular flexibility index (Phi) is 3.88. The predicted molar refractivity (Wildman–Crippen MR) is 82.5 cm³/mol. The summed E-state index contributed by atoms with van der Waals surface area (Å²) in [5.74, 6) is -0.381. The van der Waals surface area contributed by atoms with Crippen molar-refractivity contribution in [1.82, 2.24) is 10.2 Å². The van der Waals surface area contributed by atoms with Gasteiger partial charge in [-0.3, -0.25) is 19.8 Å². The highest BCUT2D eigenvalue weighted by atomic mass is 79.9. The van der Waals surface area contributed by atoms with Crippen molar-refractivity contribution in [2.24, 2.45) is 0 Å². The van der Waals surface area contributed by atoms with Crippen LogP contribution in [0.15, 0.2) is 18.2 Å². The third kappa shape index (κ3) is 2.29. The highest BCUT2D eigenvalue weighted by molar-refractivity contribution is 9.08. The van der Waals surface area contributed by atoms with Gasteiger partial charge in [0.05, 0.1) is 11.4 Å². The Morgan fingerprint density at radius 3 is 2.90 bits per heavy atom. The molecule has 20 heavy (non-hydrogen) atoms. The molecule has 2 heterocycles. The number of piperidine rings is 1. The fraction of sp³-hybridized carbons (Fsp3) is 0.429. The van der Waals surface area contributed by atoms with Crippen molar-refractivity contribution in [3.05, 3.63) is 34.9 Å². The number of carbonyl (C=O) groups is 2. The maximum absolute atomic E-state index is 12.0. The van der Waals surface area contributed by atoms with Gasteiger partial charge in [-0.25, -0.2) is 0 Å². The first-order valence-corrected chi connectivity index (χ1v) is 8.19. The van der Waals surface area contributed by atoms with E-state index >= 15 is 0 Å². The number of rotatable bonds is 2. The zero-order valence-electron chi connectivity index (χ0n) is 10.8. The molecule has 4 nitrogen and oxygen atoms in total. The zero-order valence-corrected chi connectivity index (χ0v) is 13.3. The SMILES string of the molecule is O=C1CCC(N2Cc3c(CBr)cccc3C2S)C(=O)N1. The second kappa shape index (κ2) is 5.50. The van der Waals surface area contributed by atoms with Crippen molar-refractivity contribution in [2.45, 2.75) is 36.1 Å². The monoisotopic (exact) mass is 354 g/mol. The molecule has 6 heteroatoms. The minimum atomic E-state index is -0.272. The van der Waals surface area contributed by atoms with Crippen LogP contribution in [0.25, 0.3) is 0 Å². The lowest BCUT2D eigenvalue weighted by Crippen LogP contribution is -2.51. The minimum Gasteiger partial charge on any atom is -0.295 e. The summed E-state index contributed by atoms with van der Waals surface area (Å²) < 4.78 is 0. The van der Waals surface area contributed by atoms with Gasteiger partial charge < -0.3 is 0 Å². The summed E-state index contributed by atoms with van der Waals surface area (Å²) in [5, 5.41) is 3.12. The van der Waals surface area contributed by atoms with Gasteiger partial charge in [0.25, 0.3) is 0 Å². The Balaban J connectivity index is 1.88. The van der Waals surface area contributed by atoms with Gasteiger partial charge in [0.15, 0.2) is 0 Å². The average molecular weight is 355 g/mol. The molecule has 2 atom stereocenters. The molecule has 2 amide bonds. The molecule has 2 aliphatic heterocycles. The number of benzene rings is 1. The van der Waals surface area contributed by atoms with E-state index < -0.39 is 0 Å². The van der Waals surface area contributed by atoms with Crippen LogP contribution in [-0.4, -0.2) is 22.8 Å². The number of alkyl halides is 1. The summed E-state index contributed by atoms with van der Waals surface area (Å²) in [5.41, 5.74) is 3.64. The predicted octanol–water partition coefficient (Wildman–Crippen LogP) is 2.13. The molecule has 0 bridgehead atoms. The highest BCUT2D eigenvalue weighted by Gasteiger charge is 2.39. The summed E-state index contributed by atoms with van der Waals surface area (Å²) in [7, 11) is 0. The number of fused-ring (bicyclic) bond motifs is 1. The van der Waals surface area contributed by atoms with Crippen LogP contribution < -0.4 is 5.32 Å². The Hall–Kier alpha value is -0.850. The Labute approximate surface area is 131 Å². The van der Waals surface area contributed by atoms with Crippen LogP contribution in [0.1, 0.15) is 34.9 Å². The second-order valence-electron chi connectivity index (χ2n) is 5.13. The van der Waals surface area contributed by atoms with Crippen LogP contribution in [0, 0.1) is 0 Å². The molecule has 106 valence electrons. The van der Waals surface area contributed by atoms with Gasteiger partial charge in [-0.2, -0.15) is 12.6 Å². The number of halogens is 1. The summed E-state index contributed by atoms with van der Waals surface area (Å²) in [6.07, 6.45) is 0.967. The van der Waals surface area contributed by atoms with E-state index in [4.69, 9.17) is 0 Å². The molecule has 0 aliphatic carbocycles. The quantitative estimate of drug-likeness (QED) is 0.486. The second-order valence-corrected chi connectivity index (χ2v) is 6.18. The van der Waals surface area contributed by atoms with Crippen LogP contribution in [-0.2, 0) is 21.5 Å². The zero-order chi connectivity index (χ0) is 14.3. The normalized spacial score (nSPS) is 26.5. The Morgan fingerprint density at radius 2 is 2.20 bits per heavy atom. The molecule has 0 aromatic heterocycles. The van der Waals surface area contributed by atoms with E-state index in [1.54, 1.807) is 0 Å². The standard InChI is InChI=1S/C14H15BrN2O2S/c15-6-8-2-1-3-9-10(8)7-17(14(9)20)11-4-5-12(18)16-13(11)19/h1-3,11,14,20H,4-7H2,(H,16,18,19). The van der Waals surface area contributed by atoms with Crippen molar-refractivity contribution in [3.8, 4) is 0 Å². The molecule has 3 rings (SSSR count). The molecule has 0 radical (unpaired) electrons. The van der Waals surface area contributed by atoms with Gasteiger partial charge in [0, 0.05) is 18.3 Å². The van der Waals surface area contributed by atoms with Crippen LogP contribution in [0.3, 0.4) is 0 Å². The van der Waals surface area contributed by atoms with Crippen LogP contribution in [0.5, 0.6) is 0 Å². The topological polar surface area (TPSA) is 49.4 Å². The molecule has 1 saturated heterocycles. The first-order valence-electron chi connectivity index (χ1n) is 6.56. The summed E-state index contributed by atoms with van der Waals surface area (Å²) in [6, 6.07) is 5.89. The number of imide groups is 1. The molecule has 0 saturated carbocycles. The molecule has 2 aliphatic rings. The van der Waals surface area contributed by atoms with Crippen molar-refractivity contribution in [3.63, 3.8) is 0 Å². The van der Waals surface area contributed by atoms with E-state index in [-0.39, 0.29) is 23.2 Å². The Bertz CT molecular complexity index is 578. The van der Waals surface area contributed by atoms with Crippen LogP contribution >= 0.6 is 28.6 Å². The van der Waals surface area contributed by atoms with E-state index in [1.165, 1.54) is 11.1 Å². The molecule has 1 N–H and O–H groups in total. The first kappa shape index (κ1) is 14.1. The molecule has 0 spiro atoms. The number of nitrogens with one attached hydrogen (secondary N) is 1. The number of nitrogens with zero attached hydrogens (tertiary/aromatic N) is 1. The van der Waals surface area contributed by atoms with Crippen molar-refractivity contribution >= 4 is 40.4 Å². The lowest BCUT2D eigenvalue weighted by Gasteiger charge is -2.32. The van der Waals surface area contributed by atoms with E-state index in [9.17, 15) is 9.59 Å². The van der Waals surface area contributed by atoms with E-state index in [0.29, 0.717) is 19.4 Å². The third-order valence-corrected chi connectivity index (χ3v) is 5.18. The van der Waals surface area contributed by atoms with E-state index in [1.807, 2.05) is 6.07 Å². The van der Waals surface area contributed by atoms with Gasteiger partial charge >= 0.3 is 0 Å². The van der Waals surface area contributed by atoms with Gasteiger partial charge in [0.2, 0.25) is 11.8 Å². The molecule has 1 aromatic rings. The molecular formula is C14H15BrN2O2S. The maximum Gasteiger partial charge on any atom is 0.243 e. The van der Waals surface area contributed by atoms with Crippen LogP contribution in [0.4, 0.5) is 0 Å². The average Bonchev–Trinajstić information content (AvgIpc) is 2.76. The minimum absolute atomic E-state index is 0.0899. The summed E-state index contributed by atoms with van der Waals surface area (Å²) >= 11 is 8.17. The third-order valence-electron chi connectivity index (χ3n) is 4.00. The smallest absolute Gasteiger partial charge is 0.243 e. The molecule has 1 fully saturated rings. The highest BCUT2D eigenvalue weighted by Crippen LogP contribution is 2.40. The summed E-state index contributed by atoms with van der Waals surface area (Å²) in [6.45, 7) is 0.706. The fourth-order valence-corrected chi connectivity index (χ4v) is 3.95. The van der Waals surface area contributed by atoms with Crippen LogP contribution in [0.2, 0.25) is 0 Å². The lowest BCUT2D eigenvalue weighted by molar-refractivity contribution is -0.137. The van der Waals surface area contributed by atoms with Crippen molar-refractivity contribution in [1.29, 1.82) is 0 Å². The first-order chi connectivity index (χ1) is 9.61. The lowest BCUT2D eigenvalue weighted by atomic mass is 10.0. The summed E-state index contributed by atoms with van der Waals surface area (Å²) in [4.78, 5) is 25.4. The fourth-order valence-electron chi connectivity index (χ4n) is 2.94. The van der Waals surface area contributed by atoms with Crippen molar-refractivity contribution < 1.29 is 9.59 Å². The largest absolute Gasteiger partial charge is 0.295 e. The number of hydrogen-bond donors (Lipinski definition) is 2. The molecule has 2 unspecified atom stereocenters. The van der Waals surface area contributed by atoms with E-state index in [0.717, 1.165) is 10.9 Å². The number of carbonyl (C=O) groups excluding carboxylic acids is 2. The molecule has 1 aromatic carbocycles. The van der Waals surface area contributed by atoms with Crippen molar-refractivity contribution in [2.75, 3.05) is 0 Å². The Morgan fingerprint density at radius 1 is 1.40 bits per heavy atom. The number of hydrogen-bond acceptors (Lipinski definition) is 4.